The van der Waals surface area contributed by atoms with Gasteiger partial charge in [0.2, 0.25) is 0 Å². The van der Waals surface area contributed by atoms with Gasteiger partial charge in [0, 0.05) is 75.8 Å². The Morgan fingerprint density at radius 2 is 1.24 bits per heavy atom. The van der Waals surface area contributed by atoms with Crippen molar-refractivity contribution in [3.8, 4) is 0 Å². The first-order chi connectivity index (χ1) is 16.1. The molecule has 1 N–H and O–H groups in total. The Kier molecular flexibility index (Phi) is 10.4. The third-order valence-electron chi connectivity index (χ3n) is 5.48. The molecule has 1 heterocycles. The van der Waals surface area contributed by atoms with Crippen molar-refractivity contribution in [3.05, 3.63) is 35.4 Å². The second-order valence-corrected chi connectivity index (χ2v) is 9.14. The maximum absolute atomic E-state index is 6.72. The minimum atomic E-state index is 0.634. The number of anilines is 4. The molecule has 1 aliphatic heterocycles. The summed E-state index contributed by atoms with van der Waals surface area (Å²) in [5, 5.41) is 4.23. The summed E-state index contributed by atoms with van der Waals surface area (Å²) >= 11 is 8.45. The van der Waals surface area contributed by atoms with Crippen LogP contribution in [0.25, 0.3) is 0 Å². The first-order valence-electron chi connectivity index (χ1n) is 11.0. The number of fused-ring (bicyclic) bond motifs is 2. The molecule has 0 radical (unpaired) electrons. The Morgan fingerprint density at radius 1 is 0.727 bits per heavy atom. The molecule has 7 nitrogen and oxygen atoms in total. The third-order valence-corrected chi connectivity index (χ3v) is 6.87. The first kappa shape index (κ1) is 25.9. The van der Waals surface area contributed by atoms with E-state index in [9.17, 15) is 0 Å². The lowest BCUT2D eigenvalue weighted by atomic mass is 10.2. The molecule has 1 aliphatic rings. The molecular weight excluding hydrogens is 462 g/mol. The van der Waals surface area contributed by atoms with Crippen molar-refractivity contribution in [3.63, 3.8) is 0 Å². The Bertz CT molecular complexity index is 886. The van der Waals surface area contributed by atoms with Gasteiger partial charge in [-0.25, -0.2) is 0 Å². The van der Waals surface area contributed by atoms with Gasteiger partial charge in [0.05, 0.1) is 42.8 Å². The van der Waals surface area contributed by atoms with Crippen molar-refractivity contribution in [1.82, 2.24) is 0 Å². The molecule has 2 aromatic rings. The van der Waals surface area contributed by atoms with E-state index in [4.69, 9.17) is 30.5 Å². The zero-order chi connectivity index (χ0) is 23.6. The summed E-state index contributed by atoms with van der Waals surface area (Å²) < 4.78 is 21.2. The number of hydrogen-bond acceptors (Lipinski definition) is 8. The van der Waals surface area contributed by atoms with Crippen LogP contribution in [-0.4, -0.2) is 81.0 Å². The van der Waals surface area contributed by atoms with Crippen LogP contribution in [0.1, 0.15) is 0 Å². The first-order valence-corrected chi connectivity index (χ1v) is 12.2. The van der Waals surface area contributed by atoms with Gasteiger partial charge < -0.3 is 34.1 Å². The summed E-state index contributed by atoms with van der Waals surface area (Å²) in [5.41, 5.74) is 4.20. The Balaban J connectivity index is 1.86. The quantitative estimate of drug-likeness (QED) is 0.344. The van der Waals surface area contributed by atoms with Crippen LogP contribution in [0.15, 0.2) is 40.1 Å². The third kappa shape index (κ3) is 6.91. The van der Waals surface area contributed by atoms with Crippen molar-refractivity contribution >= 4 is 46.1 Å². The molecule has 0 amide bonds. The minimum absolute atomic E-state index is 0.634. The van der Waals surface area contributed by atoms with Crippen molar-refractivity contribution < 1.29 is 18.9 Å². The molecular formula is C24H34ClN3O4S. The van der Waals surface area contributed by atoms with Crippen LogP contribution in [0, 0.1) is 0 Å². The predicted molar refractivity (Wildman–Crippen MR) is 137 cm³/mol. The predicted octanol–water partition coefficient (Wildman–Crippen LogP) is 4.75. The number of methoxy groups -OCH3 is 4. The monoisotopic (exact) mass is 495 g/mol. The average molecular weight is 496 g/mol. The van der Waals surface area contributed by atoms with Gasteiger partial charge in [-0.1, -0.05) is 23.4 Å². The highest BCUT2D eigenvalue weighted by Crippen LogP contribution is 2.49. The highest BCUT2D eigenvalue weighted by Gasteiger charge is 2.22. The highest BCUT2D eigenvalue weighted by molar-refractivity contribution is 7.99. The van der Waals surface area contributed by atoms with E-state index in [1.54, 1.807) is 40.2 Å². The fourth-order valence-corrected chi connectivity index (χ4v) is 5.05. The van der Waals surface area contributed by atoms with E-state index in [2.05, 4.69) is 39.4 Å². The topological polar surface area (TPSA) is 55.4 Å². The molecule has 0 saturated heterocycles. The number of hydrogen-bond donors (Lipinski definition) is 1. The van der Waals surface area contributed by atoms with Gasteiger partial charge in [0.15, 0.2) is 0 Å². The summed E-state index contributed by atoms with van der Waals surface area (Å²) in [5.74, 6) is 0. The molecule has 9 heteroatoms. The van der Waals surface area contributed by atoms with Crippen molar-refractivity contribution in [2.45, 2.75) is 9.79 Å². The minimum Gasteiger partial charge on any atom is -0.383 e. The number of nitrogens with one attached hydrogen (secondary N) is 1. The van der Waals surface area contributed by atoms with Crippen LogP contribution in [0.2, 0.25) is 5.02 Å². The fraction of sp³-hybridized carbons (Fsp3) is 0.500. The average Bonchev–Trinajstić information content (AvgIpc) is 2.83. The van der Waals surface area contributed by atoms with Gasteiger partial charge >= 0.3 is 0 Å². The Morgan fingerprint density at radius 3 is 1.79 bits per heavy atom. The Hall–Kier alpha value is -1.68. The maximum Gasteiger partial charge on any atom is 0.0717 e. The van der Waals surface area contributed by atoms with E-state index in [1.165, 1.54) is 0 Å². The molecule has 0 bridgehead atoms. The van der Waals surface area contributed by atoms with Crippen molar-refractivity contribution in [2.75, 3.05) is 96.2 Å². The van der Waals surface area contributed by atoms with E-state index < -0.39 is 0 Å². The number of rotatable bonds is 14. The lowest BCUT2D eigenvalue weighted by Crippen LogP contribution is -2.30. The van der Waals surface area contributed by atoms with E-state index in [0.717, 1.165) is 58.7 Å². The second-order valence-electron chi connectivity index (χ2n) is 7.65. The zero-order valence-electron chi connectivity index (χ0n) is 19.9. The standard InChI is InChI=1S/C24H34ClN3O4S/c1-29-11-7-27(8-12-30-2)18-5-6-21-22(16-18)33-23-17-19(15-20(25)24(23)26-21)28(9-13-31-3)10-14-32-4/h5-6,15-17,26H,7-14H2,1-4H3. The van der Waals surface area contributed by atoms with E-state index in [1.807, 2.05) is 6.07 Å². The summed E-state index contributed by atoms with van der Waals surface area (Å²) in [6, 6.07) is 10.7. The lowest BCUT2D eigenvalue weighted by molar-refractivity contribution is 0.190. The summed E-state index contributed by atoms with van der Waals surface area (Å²) in [6.07, 6.45) is 0. The molecule has 0 aromatic heterocycles. The molecule has 182 valence electrons. The molecule has 0 aliphatic carbocycles. The summed E-state index contributed by atoms with van der Waals surface area (Å²) in [7, 11) is 6.88. The number of benzene rings is 2. The van der Waals surface area contributed by atoms with Gasteiger partial charge in [-0.15, -0.1) is 0 Å². The van der Waals surface area contributed by atoms with Gasteiger partial charge in [0.1, 0.15) is 0 Å². The number of halogens is 1. The Labute approximate surface area is 206 Å². The summed E-state index contributed by atoms with van der Waals surface area (Å²) in [4.78, 5) is 6.78. The maximum atomic E-state index is 6.72. The molecule has 3 rings (SSSR count). The van der Waals surface area contributed by atoms with Gasteiger partial charge in [-0.05, 0) is 30.3 Å². The molecule has 2 aromatic carbocycles. The SMILES string of the molecule is COCCN(CCOC)c1ccc2c(c1)Sc1cc(N(CCOC)CCOC)cc(Cl)c1N2. The number of ether oxygens (including phenoxy) is 4. The highest BCUT2D eigenvalue weighted by atomic mass is 35.5. The van der Waals surface area contributed by atoms with Crippen LogP contribution in [0.4, 0.5) is 22.7 Å². The molecule has 33 heavy (non-hydrogen) atoms. The van der Waals surface area contributed by atoms with Gasteiger partial charge in [-0.2, -0.15) is 0 Å². The van der Waals surface area contributed by atoms with Crippen LogP contribution in [0.5, 0.6) is 0 Å². The van der Waals surface area contributed by atoms with Gasteiger partial charge in [0.25, 0.3) is 0 Å². The van der Waals surface area contributed by atoms with Crippen LogP contribution >= 0.6 is 23.4 Å². The smallest absolute Gasteiger partial charge is 0.0717 e. The van der Waals surface area contributed by atoms with Gasteiger partial charge in [-0.3, -0.25) is 0 Å². The zero-order valence-corrected chi connectivity index (χ0v) is 21.4. The molecule has 0 spiro atoms. The van der Waals surface area contributed by atoms with Crippen molar-refractivity contribution in [2.24, 2.45) is 0 Å². The van der Waals surface area contributed by atoms with E-state index in [-0.39, 0.29) is 0 Å². The largest absolute Gasteiger partial charge is 0.383 e. The summed E-state index contributed by atoms with van der Waals surface area (Å²) in [6.45, 7) is 5.72. The van der Waals surface area contributed by atoms with Crippen LogP contribution in [0.3, 0.4) is 0 Å². The molecule has 0 atom stereocenters. The van der Waals surface area contributed by atoms with Crippen LogP contribution < -0.4 is 15.1 Å². The second kappa shape index (κ2) is 13.3. The van der Waals surface area contributed by atoms with Crippen molar-refractivity contribution in [1.29, 1.82) is 0 Å². The molecule has 0 unspecified atom stereocenters. The molecule has 0 fully saturated rings. The fourth-order valence-electron chi connectivity index (χ4n) is 3.65. The van der Waals surface area contributed by atoms with E-state index >= 15 is 0 Å². The van der Waals surface area contributed by atoms with Crippen LogP contribution in [-0.2, 0) is 18.9 Å². The van der Waals surface area contributed by atoms with E-state index in [0.29, 0.717) is 31.5 Å². The number of nitrogens with zero attached hydrogens (tertiary/aromatic N) is 2. The normalized spacial score (nSPS) is 12.2. The lowest BCUT2D eigenvalue weighted by Gasteiger charge is -2.29. The molecule has 0 saturated carbocycles.